The number of rotatable bonds is 4. The molecule has 0 radical (unpaired) electrons. The van der Waals surface area contributed by atoms with E-state index in [1.807, 2.05) is 36.4 Å². The van der Waals surface area contributed by atoms with Gasteiger partial charge in [0.25, 0.3) is 0 Å². The predicted octanol–water partition coefficient (Wildman–Crippen LogP) is 2.88. The van der Waals surface area contributed by atoms with E-state index < -0.39 is 5.41 Å². The maximum absolute atomic E-state index is 13.0. The second-order valence-electron chi connectivity index (χ2n) is 7.42. The highest BCUT2D eigenvalue weighted by molar-refractivity contribution is 6.03. The van der Waals surface area contributed by atoms with Gasteiger partial charge in [-0.05, 0) is 36.4 Å². The summed E-state index contributed by atoms with van der Waals surface area (Å²) < 4.78 is 0. The monoisotopic (exact) mass is 348 g/mol. The lowest BCUT2D eigenvalue weighted by molar-refractivity contribution is -0.139. The van der Waals surface area contributed by atoms with Gasteiger partial charge in [-0.25, -0.2) is 0 Å². The second kappa shape index (κ2) is 7.04. The van der Waals surface area contributed by atoms with Gasteiger partial charge >= 0.3 is 0 Å². The summed E-state index contributed by atoms with van der Waals surface area (Å²) in [5.41, 5.74) is 1.74. The van der Waals surface area contributed by atoms with Gasteiger partial charge in [0.15, 0.2) is 0 Å². The summed E-state index contributed by atoms with van der Waals surface area (Å²) in [6.07, 6.45) is 1.99. The smallest absolute Gasteiger partial charge is 0.237 e. The van der Waals surface area contributed by atoms with Crippen molar-refractivity contribution >= 4 is 11.8 Å². The van der Waals surface area contributed by atoms with Crippen LogP contribution in [0.15, 0.2) is 60.7 Å². The Kier molecular flexibility index (Phi) is 4.60. The average molecular weight is 348 g/mol. The standard InChI is InChI=1S/C22H24N2O2/c25-20-11-13-22(21(26)23-20,18-9-5-2-6-10-18)19-12-14-24(16-19)15-17-7-3-1-4-8-17/h1-10,19H,11-16H2,(H,23,25,26). The number of carbonyl (C=O) groups is 2. The molecular weight excluding hydrogens is 324 g/mol. The molecule has 0 aliphatic carbocycles. The highest BCUT2D eigenvalue weighted by atomic mass is 16.2. The quantitative estimate of drug-likeness (QED) is 0.865. The van der Waals surface area contributed by atoms with Gasteiger partial charge < -0.3 is 0 Å². The molecule has 0 spiro atoms. The van der Waals surface area contributed by atoms with Gasteiger partial charge in [0, 0.05) is 19.5 Å². The molecule has 2 amide bonds. The summed E-state index contributed by atoms with van der Waals surface area (Å²) in [4.78, 5) is 27.2. The number of amides is 2. The largest absolute Gasteiger partial charge is 0.299 e. The topological polar surface area (TPSA) is 49.4 Å². The van der Waals surface area contributed by atoms with Crippen molar-refractivity contribution in [2.24, 2.45) is 5.92 Å². The number of hydrogen-bond donors (Lipinski definition) is 1. The van der Waals surface area contributed by atoms with E-state index in [1.54, 1.807) is 0 Å². The van der Waals surface area contributed by atoms with E-state index in [1.165, 1.54) is 5.56 Å². The molecule has 4 rings (SSSR count). The summed E-state index contributed by atoms with van der Waals surface area (Å²) in [6.45, 7) is 2.77. The number of carbonyl (C=O) groups excluding carboxylic acids is 2. The van der Waals surface area contributed by atoms with Crippen LogP contribution in [0.2, 0.25) is 0 Å². The van der Waals surface area contributed by atoms with Crippen LogP contribution in [-0.4, -0.2) is 29.8 Å². The van der Waals surface area contributed by atoms with Crippen molar-refractivity contribution in [3.8, 4) is 0 Å². The maximum Gasteiger partial charge on any atom is 0.237 e. The molecule has 2 unspecified atom stereocenters. The Morgan fingerprint density at radius 2 is 1.69 bits per heavy atom. The number of piperidine rings is 1. The van der Waals surface area contributed by atoms with Gasteiger partial charge in [-0.2, -0.15) is 0 Å². The minimum Gasteiger partial charge on any atom is -0.299 e. The summed E-state index contributed by atoms with van der Waals surface area (Å²) >= 11 is 0. The van der Waals surface area contributed by atoms with E-state index in [-0.39, 0.29) is 17.7 Å². The molecule has 2 aliphatic heterocycles. The van der Waals surface area contributed by atoms with Crippen molar-refractivity contribution in [3.63, 3.8) is 0 Å². The fourth-order valence-electron chi connectivity index (χ4n) is 4.58. The van der Waals surface area contributed by atoms with E-state index >= 15 is 0 Å². The zero-order valence-electron chi connectivity index (χ0n) is 14.9. The highest BCUT2D eigenvalue weighted by Gasteiger charge is 2.51. The Labute approximate surface area is 154 Å². The molecular formula is C22H24N2O2. The first-order chi connectivity index (χ1) is 12.7. The predicted molar refractivity (Wildman–Crippen MR) is 100 cm³/mol. The first-order valence-electron chi connectivity index (χ1n) is 9.34. The van der Waals surface area contributed by atoms with Gasteiger partial charge in [-0.15, -0.1) is 0 Å². The van der Waals surface area contributed by atoms with E-state index in [4.69, 9.17) is 0 Å². The van der Waals surface area contributed by atoms with E-state index in [9.17, 15) is 9.59 Å². The first-order valence-corrected chi connectivity index (χ1v) is 9.34. The summed E-state index contributed by atoms with van der Waals surface area (Å²) in [5, 5.41) is 2.61. The second-order valence-corrected chi connectivity index (χ2v) is 7.42. The molecule has 1 N–H and O–H groups in total. The molecule has 2 aromatic carbocycles. The van der Waals surface area contributed by atoms with Crippen molar-refractivity contribution in [2.75, 3.05) is 13.1 Å². The fraction of sp³-hybridized carbons (Fsp3) is 0.364. The number of benzene rings is 2. The molecule has 2 heterocycles. The maximum atomic E-state index is 13.0. The zero-order valence-corrected chi connectivity index (χ0v) is 14.9. The summed E-state index contributed by atoms with van der Waals surface area (Å²) in [5.74, 6) is -0.0473. The first kappa shape index (κ1) is 17.0. The molecule has 2 aliphatic rings. The molecule has 4 heteroatoms. The third-order valence-electron chi connectivity index (χ3n) is 5.91. The minimum absolute atomic E-state index is 0.119. The van der Waals surface area contributed by atoms with Crippen LogP contribution in [0.4, 0.5) is 0 Å². The zero-order chi connectivity index (χ0) is 18.0. The van der Waals surface area contributed by atoms with Gasteiger partial charge in [-0.1, -0.05) is 60.7 Å². The molecule has 0 bridgehead atoms. The van der Waals surface area contributed by atoms with Crippen LogP contribution >= 0.6 is 0 Å². The number of hydrogen-bond acceptors (Lipinski definition) is 3. The van der Waals surface area contributed by atoms with Crippen LogP contribution in [0.5, 0.6) is 0 Å². The number of nitrogens with zero attached hydrogens (tertiary/aromatic N) is 1. The summed E-state index contributed by atoms with van der Waals surface area (Å²) in [6, 6.07) is 20.5. The van der Waals surface area contributed by atoms with Crippen molar-refractivity contribution in [2.45, 2.75) is 31.2 Å². The van der Waals surface area contributed by atoms with Crippen molar-refractivity contribution in [1.82, 2.24) is 10.2 Å². The number of imide groups is 1. The lowest BCUT2D eigenvalue weighted by atomic mass is 9.65. The van der Waals surface area contributed by atoms with Crippen LogP contribution in [0, 0.1) is 5.92 Å². The van der Waals surface area contributed by atoms with Gasteiger partial charge in [-0.3, -0.25) is 19.8 Å². The van der Waals surface area contributed by atoms with Crippen molar-refractivity contribution < 1.29 is 9.59 Å². The normalized spacial score (nSPS) is 26.7. The SMILES string of the molecule is O=C1CCC(c2ccccc2)(C2CCN(Cc3ccccc3)C2)C(=O)N1. The van der Waals surface area contributed by atoms with Gasteiger partial charge in [0.05, 0.1) is 5.41 Å². The molecule has 0 saturated carbocycles. The van der Waals surface area contributed by atoms with Crippen LogP contribution in [-0.2, 0) is 21.5 Å². The molecule has 134 valence electrons. The van der Waals surface area contributed by atoms with Gasteiger partial charge in [0.1, 0.15) is 0 Å². The molecule has 4 nitrogen and oxygen atoms in total. The Bertz CT molecular complexity index is 790. The van der Waals surface area contributed by atoms with E-state index in [0.717, 1.165) is 31.6 Å². The molecule has 2 fully saturated rings. The van der Waals surface area contributed by atoms with Crippen LogP contribution in [0.25, 0.3) is 0 Å². The third kappa shape index (κ3) is 3.06. The van der Waals surface area contributed by atoms with Crippen LogP contribution < -0.4 is 5.32 Å². The highest BCUT2D eigenvalue weighted by Crippen LogP contribution is 2.43. The molecule has 0 aromatic heterocycles. The third-order valence-corrected chi connectivity index (χ3v) is 5.91. The van der Waals surface area contributed by atoms with Crippen molar-refractivity contribution in [1.29, 1.82) is 0 Å². The van der Waals surface area contributed by atoms with E-state index in [2.05, 4.69) is 34.5 Å². The Morgan fingerprint density at radius 1 is 1.00 bits per heavy atom. The van der Waals surface area contributed by atoms with Crippen LogP contribution in [0.1, 0.15) is 30.4 Å². The van der Waals surface area contributed by atoms with Gasteiger partial charge in [0.2, 0.25) is 11.8 Å². The number of likely N-dealkylation sites (tertiary alicyclic amines) is 1. The Hall–Kier alpha value is -2.46. The minimum atomic E-state index is -0.597. The summed E-state index contributed by atoms with van der Waals surface area (Å²) in [7, 11) is 0. The average Bonchev–Trinajstić information content (AvgIpc) is 3.12. The number of nitrogens with one attached hydrogen (secondary N) is 1. The molecule has 26 heavy (non-hydrogen) atoms. The van der Waals surface area contributed by atoms with Crippen LogP contribution in [0.3, 0.4) is 0 Å². The lowest BCUT2D eigenvalue weighted by Crippen LogP contribution is -2.55. The molecule has 2 aromatic rings. The Morgan fingerprint density at radius 3 is 2.38 bits per heavy atom. The lowest BCUT2D eigenvalue weighted by Gasteiger charge is -2.40. The molecule has 2 atom stereocenters. The fourth-order valence-corrected chi connectivity index (χ4v) is 4.58. The van der Waals surface area contributed by atoms with E-state index in [0.29, 0.717) is 12.8 Å². The van der Waals surface area contributed by atoms with Crippen molar-refractivity contribution in [3.05, 3.63) is 71.8 Å². The Balaban J connectivity index is 1.59. The molecule has 2 saturated heterocycles.